The average molecular weight is 288 g/mol. The fourth-order valence-electron chi connectivity index (χ4n) is 3.37. The molecule has 116 valence electrons. The van der Waals surface area contributed by atoms with E-state index < -0.39 is 0 Å². The van der Waals surface area contributed by atoms with E-state index in [0.717, 1.165) is 30.1 Å². The maximum Gasteiger partial charge on any atom is 0.140 e. The van der Waals surface area contributed by atoms with Crippen LogP contribution >= 0.6 is 0 Å². The monoisotopic (exact) mass is 288 g/mol. The Labute approximate surface area is 128 Å². The zero-order valence-electron chi connectivity index (χ0n) is 13.8. The minimum absolute atomic E-state index is 0.269. The quantitative estimate of drug-likeness (QED) is 0.805. The molecule has 0 aliphatic heterocycles. The van der Waals surface area contributed by atoms with Gasteiger partial charge in [-0.05, 0) is 54.7 Å². The van der Waals surface area contributed by atoms with E-state index in [1.165, 1.54) is 12.8 Å². The zero-order chi connectivity index (χ0) is 15.5. The SMILES string of the molecule is COc1ccc(CC(=O)C2CCC(C(C)(C)C)CC2)cc1. The fraction of sp³-hybridized carbons (Fsp3) is 0.632. The van der Waals surface area contributed by atoms with Crippen LogP contribution in [0.4, 0.5) is 0 Å². The molecule has 1 aromatic carbocycles. The van der Waals surface area contributed by atoms with Crippen LogP contribution in [0.1, 0.15) is 52.0 Å². The number of hydrogen-bond donors (Lipinski definition) is 0. The number of Topliss-reactive ketones (excluding diaryl/α,β-unsaturated/α-hetero) is 1. The van der Waals surface area contributed by atoms with Gasteiger partial charge in [-0.15, -0.1) is 0 Å². The van der Waals surface area contributed by atoms with Crippen molar-refractivity contribution in [2.45, 2.75) is 52.9 Å². The first-order valence-corrected chi connectivity index (χ1v) is 8.06. The van der Waals surface area contributed by atoms with Gasteiger partial charge in [-0.3, -0.25) is 4.79 Å². The van der Waals surface area contributed by atoms with Crippen molar-refractivity contribution < 1.29 is 9.53 Å². The Morgan fingerprint density at radius 1 is 1.10 bits per heavy atom. The van der Waals surface area contributed by atoms with Crippen LogP contribution in [0, 0.1) is 17.3 Å². The predicted octanol–water partition coefficient (Wildman–Crippen LogP) is 4.66. The highest BCUT2D eigenvalue weighted by atomic mass is 16.5. The molecule has 0 amide bonds. The molecule has 2 nitrogen and oxygen atoms in total. The molecule has 1 fully saturated rings. The summed E-state index contributed by atoms with van der Waals surface area (Å²) in [5.41, 5.74) is 1.48. The fourth-order valence-corrected chi connectivity index (χ4v) is 3.37. The number of carbonyl (C=O) groups is 1. The number of carbonyl (C=O) groups excluding carboxylic acids is 1. The van der Waals surface area contributed by atoms with Gasteiger partial charge in [-0.25, -0.2) is 0 Å². The summed E-state index contributed by atoms with van der Waals surface area (Å²) in [6.45, 7) is 6.95. The number of hydrogen-bond acceptors (Lipinski definition) is 2. The minimum atomic E-state index is 0.269. The lowest BCUT2D eigenvalue weighted by molar-refractivity contribution is -0.123. The molecule has 0 radical (unpaired) electrons. The van der Waals surface area contributed by atoms with Gasteiger partial charge in [0.25, 0.3) is 0 Å². The molecule has 2 rings (SSSR count). The standard InChI is InChI=1S/C19H28O2/c1-19(2,3)16-9-7-15(8-10-16)18(20)13-14-5-11-17(21-4)12-6-14/h5-6,11-12,15-16H,7-10,13H2,1-4H3. The van der Waals surface area contributed by atoms with Crippen LogP contribution in [0.25, 0.3) is 0 Å². The molecule has 0 unspecified atom stereocenters. The first kappa shape index (κ1) is 16.1. The van der Waals surface area contributed by atoms with Gasteiger partial charge in [0.05, 0.1) is 7.11 Å². The molecule has 2 heteroatoms. The normalized spacial score (nSPS) is 22.9. The first-order valence-electron chi connectivity index (χ1n) is 8.06. The van der Waals surface area contributed by atoms with E-state index in [2.05, 4.69) is 20.8 Å². The summed E-state index contributed by atoms with van der Waals surface area (Å²) in [5.74, 6) is 2.29. The molecule has 1 aliphatic carbocycles. The number of ketones is 1. The summed E-state index contributed by atoms with van der Waals surface area (Å²) in [5, 5.41) is 0. The van der Waals surface area contributed by atoms with Crippen molar-refractivity contribution >= 4 is 5.78 Å². The molecule has 0 bridgehead atoms. The van der Waals surface area contributed by atoms with E-state index in [1.54, 1.807) is 7.11 Å². The molecule has 0 heterocycles. The van der Waals surface area contributed by atoms with Crippen LogP contribution in [0.5, 0.6) is 5.75 Å². The van der Waals surface area contributed by atoms with Crippen molar-refractivity contribution in [1.82, 2.24) is 0 Å². The summed E-state index contributed by atoms with van der Waals surface area (Å²) < 4.78 is 5.15. The topological polar surface area (TPSA) is 26.3 Å². The Kier molecular flexibility index (Phi) is 5.08. The van der Waals surface area contributed by atoms with E-state index in [9.17, 15) is 4.79 Å². The Balaban J connectivity index is 1.87. The summed E-state index contributed by atoms with van der Waals surface area (Å²) in [6.07, 6.45) is 5.09. The lowest BCUT2D eigenvalue weighted by Gasteiger charge is -2.36. The van der Waals surface area contributed by atoms with E-state index in [-0.39, 0.29) is 5.92 Å². The van der Waals surface area contributed by atoms with Crippen molar-refractivity contribution in [1.29, 1.82) is 0 Å². The number of ether oxygens (including phenoxy) is 1. The van der Waals surface area contributed by atoms with Gasteiger partial charge in [0.1, 0.15) is 11.5 Å². The van der Waals surface area contributed by atoms with Crippen LogP contribution in [-0.2, 0) is 11.2 Å². The maximum absolute atomic E-state index is 12.4. The second-order valence-electron chi connectivity index (χ2n) is 7.41. The highest BCUT2D eigenvalue weighted by Crippen LogP contribution is 2.40. The lowest BCUT2D eigenvalue weighted by Crippen LogP contribution is -2.29. The Hall–Kier alpha value is -1.31. The van der Waals surface area contributed by atoms with Gasteiger partial charge < -0.3 is 4.74 Å². The largest absolute Gasteiger partial charge is 0.497 e. The Morgan fingerprint density at radius 2 is 1.67 bits per heavy atom. The van der Waals surface area contributed by atoms with Gasteiger partial charge >= 0.3 is 0 Å². The van der Waals surface area contributed by atoms with E-state index >= 15 is 0 Å². The van der Waals surface area contributed by atoms with Crippen LogP contribution < -0.4 is 4.74 Å². The molecule has 0 aromatic heterocycles. The second kappa shape index (κ2) is 6.64. The van der Waals surface area contributed by atoms with E-state index in [1.807, 2.05) is 24.3 Å². The van der Waals surface area contributed by atoms with E-state index in [4.69, 9.17) is 4.74 Å². The maximum atomic E-state index is 12.4. The number of benzene rings is 1. The number of rotatable bonds is 4. The van der Waals surface area contributed by atoms with Gasteiger partial charge in [0.2, 0.25) is 0 Å². The summed E-state index contributed by atoms with van der Waals surface area (Å²) in [4.78, 5) is 12.4. The average Bonchev–Trinajstić information content (AvgIpc) is 2.47. The number of methoxy groups -OCH3 is 1. The Bertz CT molecular complexity index is 459. The van der Waals surface area contributed by atoms with Gasteiger partial charge in [-0.2, -0.15) is 0 Å². The molecule has 0 saturated heterocycles. The van der Waals surface area contributed by atoms with Crippen molar-refractivity contribution in [3.63, 3.8) is 0 Å². The summed E-state index contributed by atoms with van der Waals surface area (Å²) in [6, 6.07) is 7.85. The molecular formula is C19H28O2. The van der Waals surface area contributed by atoms with Gasteiger partial charge in [0, 0.05) is 12.3 Å². The molecule has 0 N–H and O–H groups in total. The highest BCUT2D eigenvalue weighted by Gasteiger charge is 2.32. The third-order valence-electron chi connectivity index (χ3n) is 4.94. The summed E-state index contributed by atoms with van der Waals surface area (Å²) >= 11 is 0. The molecule has 21 heavy (non-hydrogen) atoms. The van der Waals surface area contributed by atoms with Crippen molar-refractivity contribution in [3.8, 4) is 5.75 Å². The predicted molar refractivity (Wildman–Crippen MR) is 86.6 cm³/mol. The van der Waals surface area contributed by atoms with Crippen LogP contribution in [0.2, 0.25) is 0 Å². The third-order valence-corrected chi connectivity index (χ3v) is 4.94. The van der Waals surface area contributed by atoms with Gasteiger partial charge in [-0.1, -0.05) is 32.9 Å². The molecule has 1 aliphatic rings. The molecule has 0 atom stereocenters. The van der Waals surface area contributed by atoms with Crippen molar-refractivity contribution in [3.05, 3.63) is 29.8 Å². The summed E-state index contributed by atoms with van der Waals surface area (Å²) in [7, 11) is 1.66. The van der Waals surface area contributed by atoms with Crippen molar-refractivity contribution in [2.75, 3.05) is 7.11 Å². The van der Waals surface area contributed by atoms with Crippen LogP contribution in [0.15, 0.2) is 24.3 Å². The molecule has 0 spiro atoms. The van der Waals surface area contributed by atoms with Gasteiger partial charge in [0.15, 0.2) is 0 Å². The Morgan fingerprint density at radius 3 is 2.14 bits per heavy atom. The second-order valence-corrected chi connectivity index (χ2v) is 7.41. The smallest absolute Gasteiger partial charge is 0.140 e. The van der Waals surface area contributed by atoms with Crippen molar-refractivity contribution in [2.24, 2.45) is 17.3 Å². The molecular weight excluding hydrogens is 260 g/mol. The molecule has 1 aromatic rings. The minimum Gasteiger partial charge on any atom is -0.497 e. The van der Waals surface area contributed by atoms with E-state index in [0.29, 0.717) is 17.6 Å². The first-order chi connectivity index (χ1) is 9.90. The molecule has 1 saturated carbocycles. The van der Waals surface area contributed by atoms with Crippen LogP contribution in [0.3, 0.4) is 0 Å². The van der Waals surface area contributed by atoms with Crippen LogP contribution in [-0.4, -0.2) is 12.9 Å². The third kappa shape index (κ3) is 4.33. The lowest BCUT2D eigenvalue weighted by atomic mass is 9.69. The highest BCUT2D eigenvalue weighted by molar-refractivity contribution is 5.83. The zero-order valence-corrected chi connectivity index (χ0v) is 13.8.